The Hall–Kier alpha value is -3.99. The summed E-state index contributed by atoms with van der Waals surface area (Å²) in [6.45, 7) is 6.34. The Bertz CT molecular complexity index is 1250. The molecule has 0 fully saturated rings. The number of aromatic nitrogens is 2. The minimum Gasteiger partial charge on any atom is -0.490 e. The van der Waals surface area contributed by atoms with Gasteiger partial charge in [-0.1, -0.05) is 36.9 Å². The van der Waals surface area contributed by atoms with Crippen LogP contribution in [0.4, 0.5) is 5.69 Å². The van der Waals surface area contributed by atoms with Crippen molar-refractivity contribution in [3.05, 3.63) is 107 Å². The lowest BCUT2D eigenvalue weighted by Crippen LogP contribution is -2.01. The van der Waals surface area contributed by atoms with Crippen molar-refractivity contribution in [2.24, 2.45) is 0 Å². The van der Waals surface area contributed by atoms with Crippen molar-refractivity contribution in [1.82, 2.24) is 9.97 Å². The van der Waals surface area contributed by atoms with Crippen molar-refractivity contribution in [3.8, 4) is 0 Å². The molecule has 0 radical (unpaired) electrons. The number of ketones is 1. The Labute approximate surface area is 174 Å². The average Bonchev–Trinajstić information content (AvgIpc) is 3.34. The zero-order valence-electron chi connectivity index (χ0n) is 16.7. The van der Waals surface area contributed by atoms with Crippen molar-refractivity contribution < 1.29 is 9.53 Å². The number of nitrogens with two attached hydrogens (primary N) is 1. The molecule has 0 aliphatic rings. The highest BCUT2D eigenvalue weighted by Gasteiger charge is 2.15. The lowest BCUT2D eigenvalue weighted by Gasteiger charge is -2.05. The summed E-state index contributed by atoms with van der Waals surface area (Å²) < 4.78 is 5.68. The molecule has 30 heavy (non-hydrogen) atoms. The number of hydrogen-bond acceptors (Lipinski definition) is 3. The zero-order chi connectivity index (χ0) is 21.1. The van der Waals surface area contributed by atoms with E-state index >= 15 is 0 Å². The van der Waals surface area contributed by atoms with Crippen LogP contribution >= 0.6 is 0 Å². The van der Waals surface area contributed by atoms with Gasteiger partial charge in [-0.2, -0.15) is 0 Å². The van der Waals surface area contributed by atoms with Crippen molar-refractivity contribution in [1.29, 1.82) is 0 Å². The molecule has 0 amide bonds. The third-order valence-corrected chi connectivity index (χ3v) is 4.89. The molecule has 0 spiro atoms. The first-order valence-corrected chi connectivity index (χ1v) is 9.66. The van der Waals surface area contributed by atoms with Crippen LogP contribution in [-0.2, 0) is 11.3 Å². The Morgan fingerprint density at radius 1 is 1.07 bits per heavy atom. The number of nitrogens with one attached hydrogen (secondary N) is 2. The monoisotopic (exact) mass is 397 g/mol. The molecular weight excluding hydrogens is 374 g/mol. The molecule has 150 valence electrons. The van der Waals surface area contributed by atoms with Gasteiger partial charge in [0.05, 0.1) is 11.4 Å². The number of aromatic amines is 2. The van der Waals surface area contributed by atoms with E-state index in [-0.39, 0.29) is 5.78 Å². The largest absolute Gasteiger partial charge is 0.490 e. The Morgan fingerprint density at radius 2 is 1.83 bits per heavy atom. The van der Waals surface area contributed by atoms with Gasteiger partial charge in [-0.15, -0.1) is 0 Å². The van der Waals surface area contributed by atoms with Gasteiger partial charge in [-0.25, -0.2) is 0 Å². The second kappa shape index (κ2) is 8.17. The number of ether oxygens (including phenoxy) is 1. The predicted octanol–water partition coefficient (Wildman–Crippen LogP) is 5.36. The van der Waals surface area contributed by atoms with Gasteiger partial charge in [0.1, 0.15) is 12.4 Å². The van der Waals surface area contributed by atoms with Crippen LogP contribution in [0.15, 0.2) is 79.1 Å². The average molecular weight is 397 g/mol. The molecule has 2 heterocycles. The predicted molar refractivity (Wildman–Crippen MR) is 121 cm³/mol. The molecule has 0 bridgehead atoms. The maximum absolute atomic E-state index is 12.9. The first-order valence-electron chi connectivity index (χ1n) is 9.66. The molecule has 4 aromatic rings. The molecule has 2 aromatic heterocycles. The van der Waals surface area contributed by atoms with E-state index in [1.165, 1.54) is 0 Å². The van der Waals surface area contributed by atoms with Crippen LogP contribution in [0.3, 0.4) is 0 Å². The van der Waals surface area contributed by atoms with Crippen LogP contribution < -0.4 is 5.73 Å². The number of anilines is 1. The topological polar surface area (TPSA) is 83.9 Å². The van der Waals surface area contributed by atoms with Crippen LogP contribution in [0.5, 0.6) is 0 Å². The van der Waals surface area contributed by atoms with Gasteiger partial charge in [-0.05, 0) is 60.5 Å². The summed E-state index contributed by atoms with van der Waals surface area (Å²) in [5, 5.41) is 0.911. The lowest BCUT2D eigenvalue weighted by molar-refractivity contribution is 0.103. The molecule has 0 aliphatic carbocycles. The third kappa shape index (κ3) is 4.20. The van der Waals surface area contributed by atoms with Gasteiger partial charge in [0.2, 0.25) is 5.78 Å². The molecule has 4 rings (SSSR count). The number of aryl methyl sites for hydroxylation is 1. The molecule has 0 atom stereocenters. The molecule has 0 saturated heterocycles. The van der Waals surface area contributed by atoms with Gasteiger partial charge in [0.15, 0.2) is 0 Å². The Balaban J connectivity index is 1.46. The van der Waals surface area contributed by atoms with E-state index in [4.69, 9.17) is 10.5 Å². The number of hydrogen-bond donors (Lipinski definition) is 3. The van der Waals surface area contributed by atoms with Crippen LogP contribution in [0, 0.1) is 6.92 Å². The summed E-state index contributed by atoms with van der Waals surface area (Å²) in [7, 11) is 0. The van der Waals surface area contributed by atoms with E-state index in [1.54, 1.807) is 6.08 Å². The highest BCUT2D eigenvalue weighted by atomic mass is 16.5. The number of benzene rings is 2. The molecule has 0 saturated carbocycles. The maximum atomic E-state index is 12.9. The second-order valence-electron chi connectivity index (χ2n) is 7.21. The normalized spacial score (nSPS) is 11.2. The highest BCUT2D eigenvalue weighted by Crippen LogP contribution is 2.21. The number of rotatable bonds is 7. The fourth-order valence-corrected chi connectivity index (χ4v) is 3.26. The zero-order valence-corrected chi connectivity index (χ0v) is 16.7. The van der Waals surface area contributed by atoms with Crippen molar-refractivity contribution in [3.63, 3.8) is 0 Å². The van der Waals surface area contributed by atoms with Crippen molar-refractivity contribution in [2.75, 3.05) is 5.73 Å². The summed E-state index contributed by atoms with van der Waals surface area (Å²) in [5.74, 6) is 0.445. The summed E-state index contributed by atoms with van der Waals surface area (Å²) in [6, 6.07) is 19.1. The number of nitrogen functional groups attached to an aromatic ring is 1. The van der Waals surface area contributed by atoms with Crippen LogP contribution in [0.1, 0.15) is 33.0 Å². The summed E-state index contributed by atoms with van der Waals surface area (Å²) in [5.41, 5.74) is 11.3. The van der Waals surface area contributed by atoms with E-state index in [0.29, 0.717) is 29.4 Å². The van der Waals surface area contributed by atoms with E-state index in [1.807, 2.05) is 73.7 Å². The number of allylic oxidation sites excluding steroid dienone is 1. The molecule has 4 N–H and O–H groups in total. The molecule has 0 aliphatic heterocycles. The molecule has 5 nitrogen and oxygen atoms in total. The number of carbonyl (C=O) groups is 1. The molecule has 0 unspecified atom stereocenters. The minimum absolute atomic E-state index is 0.105. The Kier molecular flexibility index (Phi) is 5.26. The summed E-state index contributed by atoms with van der Waals surface area (Å²) >= 11 is 0. The lowest BCUT2D eigenvalue weighted by atomic mass is 10.2. The van der Waals surface area contributed by atoms with E-state index < -0.39 is 0 Å². The van der Waals surface area contributed by atoms with Crippen LogP contribution in [-0.4, -0.2) is 15.8 Å². The van der Waals surface area contributed by atoms with Crippen molar-refractivity contribution >= 4 is 28.4 Å². The molecular formula is C25H23N3O2. The van der Waals surface area contributed by atoms with Gasteiger partial charge < -0.3 is 20.4 Å². The van der Waals surface area contributed by atoms with E-state index in [0.717, 1.165) is 27.7 Å². The summed E-state index contributed by atoms with van der Waals surface area (Å²) in [4.78, 5) is 19.2. The van der Waals surface area contributed by atoms with E-state index in [2.05, 4.69) is 16.5 Å². The van der Waals surface area contributed by atoms with Gasteiger partial charge in [0, 0.05) is 22.3 Å². The van der Waals surface area contributed by atoms with E-state index in [9.17, 15) is 4.79 Å². The maximum Gasteiger partial charge on any atom is 0.225 e. The quantitative estimate of drug-likeness (QED) is 0.170. The van der Waals surface area contributed by atoms with Gasteiger partial charge in [-0.3, -0.25) is 4.79 Å². The van der Waals surface area contributed by atoms with Crippen molar-refractivity contribution in [2.45, 2.75) is 13.5 Å². The van der Waals surface area contributed by atoms with Crippen LogP contribution in [0.2, 0.25) is 0 Å². The standard InChI is InChI=1S/C25H23N3O2/c1-16-12-23(25(29)24-14-19-13-20(26)9-11-22(19)28-24)27-21(16)10-8-17(2)30-15-18-6-4-3-5-7-18/h3-14,27-28H,2,15,26H2,1H3/b10-8-. The number of carbonyl (C=O) groups excluding carboxylic acids is 1. The van der Waals surface area contributed by atoms with Gasteiger partial charge in [0.25, 0.3) is 0 Å². The minimum atomic E-state index is -0.105. The fourth-order valence-electron chi connectivity index (χ4n) is 3.26. The first-order chi connectivity index (χ1) is 14.5. The number of fused-ring (bicyclic) bond motifs is 1. The smallest absolute Gasteiger partial charge is 0.225 e. The molecule has 5 heteroatoms. The third-order valence-electron chi connectivity index (χ3n) is 4.89. The first kappa shape index (κ1) is 19.3. The second-order valence-corrected chi connectivity index (χ2v) is 7.21. The Morgan fingerprint density at radius 3 is 2.63 bits per heavy atom. The summed E-state index contributed by atoms with van der Waals surface area (Å²) in [6.07, 6.45) is 3.66. The number of H-pyrrole nitrogens is 2. The van der Waals surface area contributed by atoms with Gasteiger partial charge >= 0.3 is 0 Å². The SMILES string of the molecule is C=C(/C=C\c1[nH]c(C(=O)c2cc3cc(N)ccc3[nH]2)cc1C)OCc1ccccc1. The van der Waals surface area contributed by atoms with Crippen LogP contribution in [0.25, 0.3) is 17.0 Å². The highest BCUT2D eigenvalue weighted by molar-refractivity contribution is 6.09. The molecule has 2 aromatic carbocycles. The fraction of sp³-hybridized carbons (Fsp3) is 0.0800.